The van der Waals surface area contributed by atoms with Crippen molar-refractivity contribution < 1.29 is 17.9 Å². The number of hydrogen-bond donors (Lipinski definition) is 0. The number of hydrogen-bond acceptors (Lipinski definition) is 4. The molecule has 8 nitrogen and oxygen atoms in total. The first-order chi connectivity index (χ1) is 12.7. The molecule has 0 atom stereocenters. The predicted octanol–water partition coefficient (Wildman–Crippen LogP) is 1.02. The number of aryl methyl sites for hydroxylation is 1. The molecule has 0 bridgehead atoms. The second-order valence-corrected chi connectivity index (χ2v) is 9.39. The molecule has 2 aliphatic rings. The van der Waals surface area contributed by atoms with E-state index in [9.17, 15) is 13.2 Å². The van der Waals surface area contributed by atoms with Crippen LogP contribution in [-0.4, -0.2) is 84.9 Å². The lowest BCUT2D eigenvalue weighted by molar-refractivity contribution is 0.0636. The maximum absolute atomic E-state index is 13.0. The molecule has 2 saturated heterocycles. The Morgan fingerprint density at radius 2 is 1.56 bits per heavy atom. The van der Waals surface area contributed by atoms with Crippen molar-refractivity contribution in [3.05, 3.63) is 23.0 Å². The van der Waals surface area contributed by atoms with Gasteiger partial charge in [-0.25, -0.2) is 0 Å². The van der Waals surface area contributed by atoms with Crippen LogP contribution in [0.1, 0.15) is 41.6 Å². The number of rotatable bonds is 4. The summed E-state index contributed by atoms with van der Waals surface area (Å²) < 4.78 is 35.9. The Morgan fingerprint density at radius 1 is 1.00 bits per heavy atom. The van der Waals surface area contributed by atoms with Crippen LogP contribution in [0, 0.1) is 13.8 Å². The molecule has 0 radical (unpaired) electrons. The number of nitrogens with zero attached hydrogens (tertiary/aromatic N) is 4. The van der Waals surface area contributed by atoms with Crippen LogP contribution in [-0.2, 0) is 14.9 Å². The lowest BCUT2D eigenvalue weighted by Gasteiger charge is -2.37. The lowest BCUT2D eigenvalue weighted by atomic mass is 10.2. The van der Waals surface area contributed by atoms with Gasteiger partial charge in [-0.15, -0.1) is 0 Å². The number of carbonyl (C=O) groups is 1. The van der Waals surface area contributed by atoms with E-state index in [1.165, 1.54) is 8.61 Å². The van der Waals surface area contributed by atoms with Crippen molar-refractivity contribution in [2.24, 2.45) is 0 Å². The molecule has 0 aliphatic carbocycles. The van der Waals surface area contributed by atoms with Crippen LogP contribution in [0.25, 0.3) is 0 Å². The van der Waals surface area contributed by atoms with Gasteiger partial charge in [0.15, 0.2) is 0 Å². The zero-order valence-electron chi connectivity index (χ0n) is 16.6. The van der Waals surface area contributed by atoms with Crippen molar-refractivity contribution in [1.82, 2.24) is 18.1 Å². The number of piperazine rings is 1. The monoisotopic (exact) mass is 398 g/mol. The summed E-state index contributed by atoms with van der Waals surface area (Å²) in [7, 11) is -3.48. The summed E-state index contributed by atoms with van der Waals surface area (Å²) in [6, 6.07) is 2.23. The summed E-state index contributed by atoms with van der Waals surface area (Å²) in [4.78, 5) is 14.7. The highest BCUT2D eigenvalue weighted by Gasteiger charge is 2.34. The van der Waals surface area contributed by atoms with Gasteiger partial charge in [-0.3, -0.25) is 4.79 Å². The van der Waals surface area contributed by atoms with Crippen molar-refractivity contribution in [2.45, 2.75) is 33.7 Å². The van der Waals surface area contributed by atoms with Gasteiger partial charge in [-0.1, -0.05) is 0 Å². The van der Waals surface area contributed by atoms with Gasteiger partial charge in [-0.05, 0) is 33.8 Å². The van der Waals surface area contributed by atoms with Crippen LogP contribution < -0.4 is 0 Å². The molecule has 1 amide bonds. The lowest BCUT2D eigenvalue weighted by Crippen LogP contribution is -2.55. The molecule has 0 spiro atoms. The van der Waals surface area contributed by atoms with Gasteiger partial charge in [0.25, 0.3) is 16.1 Å². The molecule has 3 rings (SSSR count). The Hall–Kier alpha value is -1.42. The smallest absolute Gasteiger partial charge is 0.282 e. The normalized spacial score (nSPS) is 20.4. The predicted molar refractivity (Wildman–Crippen MR) is 103 cm³/mol. The fourth-order valence-electron chi connectivity index (χ4n) is 4.02. The minimum absolute atomic E-state index is 0.0154. The molecular formula is C18H30N4O4S. The molecule has 27 heavy (non-hydrogen) atoms. The van der Waals surface area contributed by atoms with Crippen LogP contribution in [0.3, 0.4) is 0 Å². The fraction of sp³-hybridized carbons (Fsp3) is 0.722. The Kier molecular flexibility index (Phi) is 5.95. The summed E-state index contributed by atoms with van der Waals surface area (Å²) in [5.41, 5.74) is 2.75. The van der Waals surface area contributed by atoms with Gasteiger partial charge in [0.1, 0.15) is 0 Å². The maximum atomic E-state index is 13.0. The van der Waals surface area contributed by atoms with E-state index in [0.717, 1.165) is 11.4 Å². The molecule has 2 aliphatic heterocycles. The molecule has 1 aromatic heterocycles. The van der Waals surface area contributed by atoms with E-state index in [0.29, 0.717) is 64.1 Å². The molecular weight excluding hydrogens is 368 g/mol. The quantitative estimate of drug-likeness (QED) is 0.759. The third kappa shape index (κ3) is 3.91. The third-order valence-corrected chi connectivity index (χ3v) is 7.42. The van der Waals surface area contributed by atoms with Crippen molar-refractivity contribution in [1.29, 1.82) is 0 Å². The number of amides is 1. The van der Waals surface area contributed by atoms with E-state index in [-0.39, 0.29) is 5.91 Å². The Labute approximate surface area is 161 Å². The maximum Gasteiger partial charge on any atom is 0.282 e. The highest BCUT2D eigenvalue weighted by molar-refractivity contribution is 7.86. The number of morpholine rings is 1. The molecule has 9 heteroatoms. The average molecular weight is 399 g/mol. The van der Waals surface area contributed by atoms with E-state index in [2.05, 4.69) is 18.4 Å². The van der Waals surface area contributed by atoms with Crippen LogP contribution in [0.5, 0.6) is 0 Å². The Balaban J connectivity index is 1.67. The van der Waals surface area contributed by atoms with E-state index in [1.807, 2.05) is 19.9 Å². The molecule has 0 unspecified atom stereocenters. The Bertz CT molecular complexity index is 789. The SMILES string of the molecule is Cc1cc(C(=O)N2CCN(S(=O)(=O)N3CCOCC3)CC2)c(C)n1C(C)C. The van der Waals surface area contributed by atoms with Gasteiger partial charge >= 0.3 is 0 Å². The average Bonchev–Trinajstić information content (AvgIpc) is 2.96. The summed E-state index contributed by atoms with van der Waals surface area (Å²) in [5.74, 6) is -0.0154. The van der Waals surface area contributed by atoms with Crippen molar-refractivity contribution in [3.8, 4) is 0 Å². The van der Waals surface area contributed by atoms with Crippen LogP contribution >= 0.6 is 0 Å². The van der Waals surface area contributed by atoms with Gasteiger partial charge in [0.2, 0.25) is 0 Å². The second-order valence-electron chi connectivity index (χ2n) is 7.46. The highest BCUT2D eigenvalue weighted by Crippen LogP contribution is 2.22. The highest BCUT2D eigenvalue weighted by atomic mass is 32.2. The molecule has 0 N–H and O–H groups in total. The summed E-state index contributed by atoms with van der Waals surface area (Å²) in [6.07, 6.45) is 0. The largest absolute Gasteiger partial charge is 0.379 e. The molecule has 2 fully saturated rings. The number of aromatic nitrogens is 1. The zero-order chi connectivity index (χ0) is 19.8. The van der Waals surface area contributed by atoms with E-state index in [4.69, 9.17) is 4.74 Å². The van der Waals surface area contributed by atoms with Crippen molar-refractivity contribution >= 4 is 16.1 Å². The summed E-state index contributed by atoms with van der Waals surface area (Å²) in [6.45, 7) is 11.3. The molecule has 0 saturated carbocycles. The van der Waals surface area contributed by atoms with Gasteiger partial charge < -0.3 is 14.2 Å². The number of carbonyl (C=O) groups excluding carboxylic acids is 1. The van der Waals surface area contributed by atoms with E-state index >= 15 is 0 Å². The van der Waals surface area contributed by atoms with E-state index < -0.39 is 10.2 Å². The van der Waals surface area contributed by atoms with Crippen molar-refractivity contribution in [3.63, 3.8) is 0 Å². The molecule has 152 valence electrons. The molecule has 0 aromatic carbocycles. The summed E-state index contributed by atoms with van der Waals surface area (Å²) >= 11 is 0. The second kappa shape index (κ2) is 7.90. The van der Waals surface area contributed by atoms with Gasteiger partial charge in [0, 0.05) is 56.7 Å². The minimum Gasteiger partial charge on any atom is -0.379 e. The Morgan fingerprint density at radius 3 is 2.07 bits per heavy atom. The molecule has 1 aromatic rings. The minimum atomic E-state index is -3.48. The van der Waals surface area contributed by atoms with Crippen LogP contribution in [0.2, 0.25) is 0 Å². The van der Waals surface area contributed by atoms with Crippen LogP contribution in [0.4, 0.5) is 0 Å². The first-order valence-corrected chi connectivity index (χ1v) is 10.9. The fourth-order valence-corrected chi connectivity index (χ4v) is 5.58. The number of ether oxygens (including phenoxy) is 1. The standard InChI is InChI=1S/C18H30N4O4S/c1-14(2)22-15(3)13-17(16(22)4)18(23)19-5-7-20(8-6-19)27(24,25)21-9-11-26-12-10-21/h13-14H,5-12H2,1-4H3. The van der Waals surface area contributed by atoms with Crippen LogP contribution in [0.15, 0.2) is 6.07 Å². The topological polar surface area (TPSA) is 75.1 Å². The summed E-state index contributed by atoms with van der Waals surface area (Å²) in [5, 5.41) is 0. The third-order valence-electron chi connectivity index (χ3n) is 5.38. The first kappa shape index (κ1) is 20.3. The zero-order valence-corrected chi connectivity index (χ0v) is 17.5. The van der Waals surface area contributed by atoms with Gasteiger partial charge in [-0.2, -0.15) is 17.0 Å². The molecule has 3 heterocycles. The van der Waals surface area contributed by atoms with E-state index in [1.54, 1.807) is 4.90 Å². The van der Waals surface area contributed by atoms with Crippen molar-refractivity contribution in [2.75, 3.05) is 52.5 Å². The van der Waals surface area contributed by atoms with Gasteiger partial charge in [0.05, 0.1) is 18.8 Å². The first-order valence-electron chi connectivity index (χ1n) is 9.54.